The second-order valence-corrected chi connectivity index (χ2v) is 5.00. The van der Waals surface area contributed by atoms with Gasteiger partial charge in [0, 0.05) is 0 Å². The van der Waals surface area contributed by atoms with E-state index in [1.165, 1.54) is 18.2 Å². The van der Waals surface area contributed by atoms with Crippen molar-refractivity contribution in [2.75, 3.05) is 11.1 Å². The zero-order chi connectivity index (χ0) is 15.6. The highest BCUT2D eigenvalue weighted by molar-refractivity contribution is 7.17. The molecule has 5 nitrogen and oxygen atoms in total. The van der Waals surface area contributed by atoms with E-state index in [9.17, 15) is 18.0 Å². The summed E-state index contributed by atoms with van der Waals surface area (Å²) in [7, 11) is 0. The topological polar surface area (TPSA) is 77.2 Å². The molecule has 0 aliphatic carbocycles. The van der Waals surface area contributed by atoms with Crippen LogP contribution in [-0.2, 0) is 0 Å². The molecule has 1 aromatic carbocycles. The summed E-state index contributed by atoms with van der Waals surface area (Å²) in [4.78, 5) is 16.1. The Hall–Kier alpha value is -2.29. The molecule has 9 heteroatoms. The zero-order valence-corrected chi connectivity index (χ0v) is 11.5. The van der Waals surface area contributed by atoms with Crippen molar-refractivity contribution in [3.05, 3.63) is 34.8 Å². The molecule has 0 aliphatic rings. The predicted octanol–water partition coefficient (Wildman–Crippen LogP) is 3.18. The summed E-state index contributed by atoms with van der Waals surface area (Å²) in [6, 6.07) is 5.26. The number of nitrogens with one attached hydrogen (secondary N) is 1. The minimum absolute atomic E-state index is 0.0915. The summed E-state index contributed by atoms with van der Waals surface area (Å²) in [6.07, 6.45) is -4.84. The molecule has 3 N–H and O–H groups in total. The number of halogens is 3. The number of nitrogens with two attached hydrogens (primary N) is 1. The van der Waals surface area contributed by atoms with Crippen molar-refractivity contribution in [1.29, 1.82) is 0 Å². The van der Waals surface area contributed by atoms with Gasteiger partial charge in [-0.15, -0.1) is 13.2 Å². The van der Waals surface area contributed by atoms with Crippen LogP contribution < -0.4 is 15.8 Å². The van der Waals surface area contributed by atoms with Crippen LogP contribution in [0.2, 0.25) is 0 Å². The number of aromatic nitrogens is 1. The van der Waals surface area contributed by atoms with Gasteiger partial charge in [-0.1, -0.05) is 23.5 Å². The van der Waals surface area contributed by atoms with E-state index < -0.39 is 18.0 Å². The number of hydrogen-bond acceptors (Lipinski definition) is 5. The smallest absolute Gasteiger partial charge is 0.404 e. The maximum absolute atomic E-state index is 12.3. The van der Waals surface area contributed by atoms with Gasteiger partial charge in [-0.05, 0) is 19.1 Å². The van der Waals surface area contributed by atoms with E-state index in [0.29, 0.717) is 5.69 Å². The highest BCUT2D eigenvalue weighted by Crippen LogP contribution is 2.31. The van der Waals surface area contributed by atoms with Crippen LogP contribution in [0, 0.1) is 6.92 Å². The molecule has 0 radical (unpaired) electrons. The van der Waals surface area contributed by atoms with Crippen LogP contribution in [0.1, 0.15) is 15.4 Å². The Morgan fingerprint density at radius 3 is 2.62 bits per heavy atom. The molecule has 1 amide bonds. The monoisotopic (exact) mass is 317 g/mol. The van der Waals surface area contributed by atoms with E-state index in [1.807, 2.05) is 0 Å². The lowest BCUT2D eigenvalue weighted by Gasteiger charge is -2.13. The summed E-state index contributed by atoms with van der Waals surface area (Å²) < 4.78 is 40.7. The second-order valence-electron chi connectivity index (χ2n) is 3.96. The Balaban J connectivity index is 2.24. The van der Waals surface area contributed by atoms with E-state index in [2.05, 4.69) is 15.0 Å². The fourth-order valence-corrected chi connectivity index (χ4v) is 2.32. The molecule has 1 aromatic heterocycles. The maximum atomic E-state index is 12.3. The number of rotatable bonds is 3. The number of anilines is 2. The highest BCUT2D eigenvalue weighted by atomic mass is 32.1. The lowest BCUT2D eigenvalue weighted by atomic mass is 10.3. The Kier molecular flexibility index (Phi) is 4.03. The predicted molar refractivity (Wildman–Crippen MR) is 72.3 cm³/mol. The van der Waals surface area contributed by atoms with Gasteiger partial charge in [-0.25, -0.2) is 4.98 Å². The van der Waals surface area contributed by atoms with Crippen molar-refractivity contribution in [1.82, 2.24) is 4.98 Å². The van der Waals surface area contributed by atoms with E-state index in [0.717, 1.165) is 17.4 Å². The lowest BCUT2D eigenvalue weighted by molar-refractivity contribution is -0.274. The molecule has 0 saturated heterocycles. The number of para-hydroxylation sites is 2. The molecule has 2 aromatic rings. The third-order valence-electron chi connectivity index (χ3n) is 2.38. The van der Waals surface area contributed by atoms with Crippen molar-refractivity contribution >= 4 is 28.1 Å². The van der Waals surface area contributed by atoms with Crippen LogP contribution in [0.15, 0.2) is 24.3 Å². The SMILES string of the molecule is Cc1nc(N)sc1C(=O)Nc1ccccc1OC(F)(F)F. The Morgan fingerprint density at radius 1 is 1.38 bits per heavy atom. The van der Waals surface area contributed by atoms with Crippen molar-refractivity contribution in [3.63, 3.8) is 0 Å². The van der Waals surface area contributed by atoms with Gasteiger partial charge in [-0.2, -0.15) is 0 Å². The number of ether oxygens (including phenoxy) is 1. The van der Waals surface area contributed by atoms with Crippen LogP contribution >= 0.6 is 11.3 Å². The van der Waals surface area contributed by atoms with E-state index >= 15 is 0 Å². The fourth-order valence-electron chi connectivity index (χ4n) is 1.59. The summed E-state index contributed by atoms with van der Waals surface area (Å²) in [5.74, 6) is -1.09. The Morgan fingerprint density at radius 2 is 2.05 bits per heavy atom. The van der Waals surface area contributed by atoms with Gasteiger partial charge < -0.3 is 15.8 Å². The molecule has 1 heterocycles. The van der Waals surface area contributed by atoms with Crippen LogP contribution in [0.25, 0.3) is 0 Å². The standard InChI is InChI=1S/C12H10F3N3O2S/c1-6-9(21-11(16)17-6)10(19)18-7-4-2-3-5-8(7)20-12(13,14)15/h2-5H,1H3,(H2,16,17)(H,18,19). The summed E-state index contributed by atoms with van der Waals surface area (Å²) in [5, 5.41) is 2.56. The van der Waals surface area contributed by atoms with Crippen LogP contribution in [0.4, 0.5) is 24.0 Å². The van der Waals surface area contributed by atoms with Gasteiger partial charge >= 0.3 is 6.36 Å². The Bertz CT molecular complexity index is 670. The van der Waals surface area contributed by atoms with E-state index in [-0.39, 0.29) is 15.7 Å². The number of aryl methyl sites for hydroxylation is 1. The molecule has 0 unspecified atom stereocenters. The molecule has 112 valence electrons. The van der Waals surface area contributed by atoms with Crippen molar-refractivity contribution in [3.8, 4) is 5.75 Å². The highest BCUT2D eigenvalue weighted by Gasteiger charge is 2.32. The van der Waals surface area contributed by atoms with Crippen LogP contribution in [0.3, 0.4) is 0 Å². The number of benzene rings is 1. The number of nitrogens with zero attached hydrogens (tertiary/aromatic N) is 1. The number of carbonyl (C=O) groups is 1. The molecule has 2 rings (SSSR count). The van der Waals surface area contributed by atoms with Crippen molar-refractivity contribution in [2.45, 2.75) is 13.3 Å². The average molecular weight is 317 g/mol. The van der Waals surface area contributed by atoms with Crippen LogP contribution in [-0.4, -0.2) is 17.3 Å². The first-order chi connectivity index (χ1) is 9.76. The fraction of sp³-hybridized carbons (Fsp3) is 0.167. The number of hydrogen-bond donors (Lipinski definition) is 2. The minimum Gasteiger partial charge on any atom is -0.404 e. The molecule has 0 spiro atoms. The first-order valence-electron chi connectivity index (χ1n) is 5.65. The van der Waals surface area contributed by atoms with Crippen LogP contribution in [0.5, 0.6) is 5.75 Å². The quantitative estimate of drug-likeness (QED) is 0.911. The lowest BCUT2D eigenvalue weighted by Crippen LogP contribution is -2.19. The normalized spacial score (nSPS) is 11.2. The first kappa shape index (κ1) is 15.1. The third kappa shape index (κ3) is 3.85. The summed E-state index contributed by atoms with van der Waals surface area (Å²) in [5.41, 5.74) is 5.79. The number of nitrogen functional groups attached to an aromatic ring is 1. The average Bonchev–Trinajstić information content (AvgIpc) is 2.69. The Labute approximate surface area is 121 Å². The summed E-state index contributed by atoms with van der Waals surface area (Å²) >= 11 is 0.952. The third-order valence-corrected chi connectivity index (χ3v) is 3.37. The molecule has 0 aliphatic heterocycles. The largest absolute Gasteiger partial charge is 0.573 e. The number of amides is 1. The van der Waals surface area contributed by atoms with Gasteiger partial charge in [0.25, 0.3) is 5.91 Å². The van der Waals surface area contributed by atoms with Gasteiger partial charge in [0.15, 0.2) is 10.9 Å². The van der Waals surface area contributed by atoms with Crippen molar-refractivity contribution in [2.24, 2.45) is 0 Å². The van der Waals surface area contributed by atoms with Gasteiger partial charge in [0.1, 0.15) is 4.88 Å². The molecule has 21 heavy (non-hydrogen) atoms. The molecule has 0 saturated carbocycles. The zero-order valence-electron chi connectivity index (χ0n) is 10.7. The number of carbonyl (C=O) groups excluding carboxylic acids is 1. The van der Waals surface area contributed by atoms with E-state index in [1.54, 1.807) is 6.92 Å². The second kappa shape index (κ2) is 5.60. The summed E-state index contributed by atoms with van der Waals surface area (Å²) in [6.45, 7) is 1.58. The maximum Gasteiger partial charge on any atom is 0.573 e. The van der Waals surface area contributed by atoms with E-state index in [4.69, 9.17) is 5.73 Å². The molecular formula is C12H10F3N3O2S. The van der Waals surface area contributed by atoms with Crippen molar-refractivity contribution < 1.29 is 22.7 Å². The first-order valence-corrected chi connectivity index (χ1v) is 6.47. The van der Waals surface area contributed by atoms with Gasteiger partial charge in [0.05, 0.1) is 11.4 Å². The number of alkyl halides is 3. The van der Waals surface area contributed by atoms with Gasteiger partial charge in [-0.3, -0.25) is 4.79 Å². The molecular weight excluding hydrogens is 307 g/mol. The molecule has 0 atom stereocenters. The molecule has 0 fully saturated rings. The number of thiazole rings is 1. The minimum atomic E-state index is -4.84. The van der Waals surface area contributed by atoms with Gasteiger partial charge in [0.2, 0.25) is 0 Å². The molecule has 0 bridgehead atoms.